The Hall–Kier alpha value is -0.860. The van der Waals surface area contributed by atoms with Gasteiger partial charge in [0.25, 0.3) is 0 Å². The van der Waals surface area contributed by atoms with Crippen LogP contribution in [0.1, 0.15) is 43.2 Å². The Kier molecular flexibility index (Phi) is 3.40. The zero-order valence-electron chi connectivity index (χ0n) is 11.3. The molecule has 2 aliphatic rings. The van der Waals surface area contributed by atoms with E-state index < -0.39 is 0 Å². The standard InChI is InChI=1S/C16H24N2/c1-12(17)16-7-8-18(11-16)10-13-3-2-4-15(9-13)14-5-6-14/h2-4,9,12,14,16H,5-8,10-11,17H2,1H3. The minimum Gasteiger partial charge on any atom is -0.328 e. The van der Waals surface area contributed by atoms with Crippen LogP contribution in [0.3, 0.4) is 0 Å². The molecule has 2 unspecified atom stereocenters. The highest BCUT2D eigenvalue weighted by Crippen LogP contribution is 2.40. The van der Waals surface area contributed by atoms with Gasteiger partial charge in [-0.25, -0.2) is 0 Å². The number of hydrogen-bond acceptors (Lipinski definition) is 2. The topological polar surface area (TPSA) is 29.3 Å². The minimum absolute atomic E-state index is 0.341. The summed E-state index contributed by atoms with van der Waals surface area (Å²) in [4.78, 5) is 2.56. The van der Waals surface area contributed by atoms with Gasteiger partial charge in [0.15, 0.2) is 0 Å². The molecule has 2 atom stereocenters. The van der Waals surface area contributed by atoms with E-state index in [0.29, 0.717) is 12.0 Å². The zero-order valence-corrected chi connectivity index (χ0v) is 11.3. The molecule has 0 aromatic heterocycles. The molecule has 2 heteroatoms. The van der Waals surface area contributed by atoms with Crippen LogP contribution in [0.5, 0.6) is 0 Å². The highest BCUT2D eigenvalue weighted by molar-refractivity contribution is 5.29. The Morgan fingerprint density at radius 2 is 2.17 bits per heavy atom. The van der Waals surface area contributed by atoms with Crippen LogP contribution in [-0.4, -0.2) is 24.0 Å². The summed E-state index contributed by atoms with van der Waals surface area (Å²) in [5.41, 5.74) is 9.03. The third-order valence-electron chi connectivity index (χ3n) is 4.46. The first-order chi connectivity index (χ1) is 8.72. The van der Waals surface area contributed by atoms with Gasteiger partial charge in [0, 0.05) is 19.1 Å². The summed E-state index contributed by atoms with van der Waals surface area (Å²) < 4.78 is 0. The molecule has 1 aliphatic heterocycles. The van der Waals surface area contributed by atoms with Crippen molar-refractivity contribution in [1.82, 2.24) is 4.90 Å². The first-order valence-electron chi connectivity index (χ1n) is 7.29. The molecule has 1 aromatic rings. The lowest BCUT2D eigenvalue weighted by Crippen LogP contribution is -2.29. The summed E-state index contributed by atoms with van der Waals surface area (Å²) in [5.74, 6) is 1.55. The molecule has 1 saturated carbocycles. The van der Waals surface area contributed by atoms with Crippen LogP contribution in [0.2, 0.25) is 0 Å². The zero-order chi connectivity index (χ0) is 12.5. The van der Waals surface area contributed by atoms with Crippen molar-refractivity contribution in [3.8, 4) is 0 Å². The molecular weight excluding hydrogens is 220 g/mol. The second-order valence-corrected chi connectivity index (χ2v) is 6.16. The van der Waals surface area contributed by atoms with Crippen molar-refractivity contribution in [1.29, 1.82) is 0 Å². The molecule has 18 heavy (non-hydrogen) atoms. The van der Waals surface area contributed by atoms with Gasteiger partial charge < -0.3 is 5.73 Å². The average Bonchev–Trinajstić information content (AvgIpc) is 3.10. The van der Waals surface area contributed by atoms with Crippen molar-refractivity contribution in [2.24, 2.45) is 11.7 Å². The van der Waals surface area contributed by atoms with Gasteiger partial charge in [-0.3, -0.25) is 4.90 Å². The Labute approximate surface area is 110 Å². The maximum absolute atomic E-state index is 6.00. The molecular formula is C16H24N2. The van der Waals surface area contributed by atoms with Crippen LogP contribution in [0, 0.1) is 5.92 Å². The predicted octanol–water partition coefficient (Wildman–Crippen LogP) is 2.73. The molecule has 2 N–H and O–H groups in total. The van der Waals surface area contributed by atoms with E-state index in [1.165, 1.54) is 37.9 Å². The largest absolute Gasteiger partial charge is 0.328 e. The predicted molar refractivity (Wildman–Crippen MR) is 75.5 cm³/mol. The molecule has 0 amide bonds. The van der Waals surface area contributed by atoms with Gasteiger partial charge in [-0.05, 0) is 55.7 Å². The highest BCUT2D eigenvalue weighted by atomic mass is 15.1. The Bertz CT molecular complexity index is 409. The second-order valence-electron chi connectivity index (χ2n) is 6.16. The Morgan fingerprint density at radius 1 is 1.33 bits per heavy atom. The van der Waals surface area contributed by atoms with Crippen LogP contribution in [0.25, 0.3) is 0 Å². The molecule has 0 radical (unpaired) electrons. The molecule has 0 bridgehead atoms. The first-order valence-corrected chi connectivity index (χ1v) is 7.29. The highest BCUT2D eigenvalue weighted by Gasteiger charge is 2.26. The Morgan fingerprint density at radius 3 is 2.83 bits per heavy atom. The van der Waals surface area contributed by atoms with E-state index in [2.05, 4.69) is 36.1 Å². The smallest absolute Gasteiger partial charge is 0.0233 e. The number of rotatable bonds is 4. The van der Waals surface area contributed by atoms with Gasteiger partial charge in [-0.2, -0.15) is 0 Å². The van der Waals surface area contributed by atoms with Gasteiger partial charge in [0.2, 0.25) is 0 Å². The first kappa shape index (κ1) is 12.2. The van der Waals surface area contributed by atoms with Crippen molar-refractivity contribution < 1.29 is 0 Å². The molecule has 1 aromatic carbocycles. The number of hydrogen-bond donors (Lipinski definition) is 1. The lowest BCUT2D eigenvalue weighted by atomic mass is 10.0. The summed E-state index contributed by atoms with van der Waals surface area (Å²) >= 11 is 0. The number of nitrogens with two attached hydrogens (primary N) is 1. The molecule has 1 saturated heterocycles. The van der Waals surface area contributed by atoms with Crippen molar-refractivity contribution >= 4 is 0 Å². The van der Waals surface area contributed by atoms with Crippen molar-refractivity contribution in [3.05, 3.63) is 35.4 Å². The van der Waals surface area contributed by atoms with Crippen LogP contribution in [0.4, 0.5) is 0 Å². The van der Waals surface area contributed by atoms with E-state index >= 15 is 0 Å². The van der Waals surface area contributed by atoms with E-state index in [4.69, 9.17) is 5.73 Å². The lowest BCUT2D eigenvalue weighted by molar-refractivity contribution is 0.308. The fourth-order valence-electron chi connectivity index (χ4n) is 3.06. The maximum atomic E-state index is 6.00. The lowest BCUT2D eigenvalue weighted by Gasteiger charge is -2.18. The van der Waals surface area contributed by atoms with Crippen LogP contribution in [-0.2, 0) is 6.54 Å². The quantitative estimate of drug-likeness (QED) is 0.882. The van der Waals surface area contributed by atoms with Gasteiger partial charge in [0.1, 0.15) is 0 Å². The fourth-order valence-corrected chi connectivity index (χ4v) is 3.06. The number of likely N-dealkylation sites (tertiary alicyclic amines) is 1. The summed E-state index contributed by atoms with van der Waals surface area (Å²) in [6, 6.07) is 9.53. The maximum Gasteiger partial charge on any atom is 0.0233 e. The van der Waals surface area contributed by atoms with Gasteiger partial charge in [-0.15, -0.1) is 0 Å². The van der Waals surface area contributed by atoms with E-state index in [1.54, 1.807) is 5.56 Å². The molecule has 0 spiro atoms. The normalized spacial score (nSPS) is 26.4. The summed E-state index contributed by atoms with van der Waals surface area (Å²) in [7, 11) is 0. The SMILES string of the molecule is CC(N)C1CCN(Cc2cccc(C3CC3)c2)C1. The monoisotopic (exact) mass is 244 g/mol. The van der Waals surface area contributed by atoms with E-state index in [0.717, 1.165) is 12.5 Å². The summed E-state index contributed by atoms with van der Waals surface area (Å²) in [6.45, 7) is 5.62. The molecule has 2 nitrogen and oxygen atoms in total. The molecule has 2 fully saturated rings. The molecule has 1 aliphatic carbocycles. The van der Waals surface area contributed by atoms with E-state index in [-0.39, 0.29) is 0 Å². The molecule has 1 heterocycles. The third-order valence-corrected chi connectivity index (χ3v) is 4.46. The van der Waals surface area contributed by atoms with E-state index in [9.17, 15) is 0 Å². The van der Waals surface area contributed by atoms with Crippen LogP contribution >= 0.6 is 0 Å². The van der Waals surface area contributed by atoms with Gasteiger partial charge in [0.05, 0.1) is 0 Å². The second kappa shape index (κ2) is 5.02. The molecule has 98 valence electrons. The van der Waals surface area contributed by atoms with E-state index in [1.807, 2.05) is 0 Å². The van der Waals surface area contributed by atoms with Crippen LogP contribution in [0.15, 0.2) is 24.3 Å². The van der Waals surface area contributed by atoms with Gasteiger partial charge >= 0.3 is 0 Å². The minimum atomic E-state index is 0.341. The fraction of sp³-hybridized carbons (Fsp3) is 0.625. The average molecular weight is 244 g/mol. The van der Waals surface area contributed by atoms with Crippen LogP contribution < -0.4 is 5.73 Å². The van der Waals surface area contributed by atoms with Gasteiger partial charge in [-0.1, -0.05) is 24.3 Å². The summed E-state index contributed by atoms with van der Waals surface area (Å²) in [5, 5.41) is 0. The number of benzene rings is 1. The number of nitrogens with zero attached hydrogens (tertiary/aromatic N) is 1. The summed E-state index contributed by atoms with van der Waals surface area (Å²) in [6.07, 6.45) is 4.04. The molecule has 3 rings (SSSR count). The Balaban J connectivity index is 1.61. The third kappa shape index (κ3) is 2.76. The van der Waals surface area contributed by atoms with Crippen molar-refractivity contribution in [2.75, 3.05) is 13.1 Å². The van der Waals surface area contributed by atoms with Crippen molar-refractivity contribution in [2.45, 2.75) is 44.7 Å². The van der Waals surface area contributed by atoms with Crippen molar-refractivity contribution in [3.63, 3.8) is 0 Å².